The van der Waals surface area contributed by atoms with Crippen molar-refractivity contribution < 1.29 is 4.79 Å². The Morgan fingerprint density at radius 2 is 1.81 bits per heavy atom. The predicted octanol–water partition coefficient (Wildman–Crippen LogP) is 2.71. The number of likely N-dealkylation sites (tertiary alicyclic amines) is 2. The van der Waals surface area contributed by atoms with E-state index in [9.17, 15) is 4.79 Å². The fourth-order valence-corrected chi connectivity index (χ4v) is 3.66. The van der Waals surface area contributed by atoms with Crippen molar-refractivity contribution in [3.05, 3.63) is 35.9 Å². The first kappa shape index (κ1) is 14.6. The highest BCUT2D eigenvalue weighted by atomic mass is 16.2. The molecule has 0 spiro atoms. The Morgan fingerprint density at radius 3 is 2.57 bits per heavy atom. The summed E-state index contributed by atoms with van der Waals surface area (Å²) in [6.45, 7) is 4.51. The van der Waals surface area contributed by atoms with Gasteiger partial charge in [-0.05, 0) is 50.8 Å². The Bertz CT molecular complexity index is 454. The molecule has 1 aromatic carbocycles. The Morgan fingerprint density at radius 1 is 1.05 bits per heavy atom. The molecule has 3 rings (SSSR count). The Kier molecular flexibility index (Phi) is 4.91. The summed E-state index contributed by atoms with van der Waals surface area (Å²) in [6.07, 6.45) is 6.54. The van der Waals surface area contributed by atoms with Gasteiger partial charge in [-0.25, -0.2) is 0 Å². The van der Waals surface area contributed by atoms with Crippen molar-refractivity contribution in [1.82, 2.24) is 9.80 Å². The van der Waals surface area contributed by atoms with E-state index in [0.717, 1.165) is 19.5 Å². The average molecular weight is 286 g/mol. The average Bonchev–Trinajstić information content (AvgIpc) is 3.18. The van der Waals surface area contributed by atoms with Crippen molar-refractivity contribution in [3.8, 4) is 0 Å². The van der Waals surface area contributed by atoms with Gasteiger partial charge in [0.25, 0.3) is 0 Å². The van der Waals surface area contributed by atoms with E-state index in [1.54, 1.807) is 0 Å². The minimum atomic E-state index is 0.348. The van der Waals surface area contributed by atoms with Crippen molar-refractivity contribution in [2.45, 2.75) is 44.6 Å². The van der Waals surface area contributed by atoms with Gasteiger partial charge in [0.05, 0.1) is 0 Å². The maximum atomic E-state index is 12.5. The second-order valence-corrected chi connectivity index (χ2v) is 6.38. The number of hydrogen-bond acceptors (Lipinski definition) is 2. The minimum absolute atomic E-state index is 0.348. The molecule has 1 amide bonds. The molecule has 3 nitrogen and oxygen atoms in total. The summed E-state index contributed by atoms with van der Waals surface area (Å²) in [6, 6.07) is 10.8. The molecule has 0 bridgehead atoms. The summed E-state index contributed by atoms with van der Waals surface area (Å²) in [5.41, 5.74) is 1.26. The molecule has 1 aromatic rings. The molecule has 2 fully saturated rings. The third-order valence-electron chi connectivity index (χ3n) is 4.84. The van der Waals surface area contributed by atoms with Gasteiger partial charge in [-0.3, -0.25) is 4.79 Å². The van der Waals surface area contributed by atoms with Crippen molar-refractivity contribution >= 4 is 5.91 Å². The van der Waals surface area contributed by atoms with E-state index in [2.05, 4.69) is 21.9 Å². The first-order chi connectivity index (χ1) is 10.3. The van der Waals surface area contributed by atoms with Crippen LogP contribution in [-0.2, 0) is 11.2 Å². The largest absolute Gasteiger partial charge is 0.338 e. The topological polar surface area (TPSA) is 23.6 Å². The number of amides is 1. The van der Waals surface area contributed by atoms with Gasteiger partial charge in [0.15, 0.2) is 0 Å². The third-order valence-corrected chi connectivity index (χ3v) is 4.84. The van der Waals surface area contributed by atoms with Crippen LogP contribution in [0.3, 0.4) is 0 Å². The van der Waals surface area contributed by atoms with E-state index in [-0.39, 0.29) is 0 Å². The molecule has 114 valence electrons. The van der Waals surface area contributed by atoms with Crippen molar-refractivity contribution in [1.29, 1.82) is 0 Å². The van der Waals surface area contributed by atoms with Crippen molar-refractivity contribution in [3.63, 3.8) is 0 Å². The molecule has 0 unspecified atom stereocenters. The zero-order chi connectivity index (χ0) is 14.5. The monoisotopic (exact) mass is 286 g/mol. The summed E-state index contributed by atoms with van der Waals surface area (Å²) < 4.78 is 0. The molecular formula is C18H26N2O. The van der Waals surface area contributed by atoms with Gasteiger partial charge in [0.1, 0.15) is 0 Å². The van der Waals surface area contributed by atoms with Crippen LogP contribution in [0.15, 0.2) is 30.3 Å². The van der Waals surface area contributed by atoms with Crippen LogP contribution in [0.2, 0.25) is 0 Å². The number of carbonyl (C=O) groups is 1. The van der Waals surface area contributed by atoms with E-state index in [1.165, 1.54) is 44.3 Å². The molecule has 1 atom stereocenters. The second-order valence-electron chi connectivity index (χ2n) is 6.38. The number of aryl methyl sites for hydroxylation is 1. The quantitative estimate of drug-likeness (QED) is 0.831. The Hall–Kier alpha value is -1.35. The van der Waals surface area contributed by atoms with Gasteiger partial charge in [-0.15, -0.1) is 0 Å². The second kappa shape index (κ2) is 7.08. The van der Waals surface area contributed by atoms with E-state index < -0.39 is 0 Å². The normalized spacial score (nSPS) is 22.9. The summed E-state index contributed by atoms with van der Waals surface area (Å²) >= 11 is 0. The highest BCUT2D eigenvalue weighted by Gasteiger charge is 2.30. The van der Waals surface area contributed by atoms with E-state index in [1.807, 2.05) is 18.2 Å². The third kappa shape index (κ3) is 3.85. The van der Waals surface area contributed by atoms with Crippen molar-refractivity contribution in [2.24, 2.45) is 0 Å². The number of nitrogens with zero attached hydrogens (tertiary/aromatic N) is 2. The van der Waals surface area contributed by atoms with E-state index >= 15 is 0 Å². The smallest absolute Gasteiger partial charge is 0.223 e. The summed E-state index contributed by atoms with van der Waals surface area (Å²) in [7, 11) is 0. The molecule has 2 aliphatic rings. The fraction of sp³-hybridized carbons (Fsp3) is 0.611. The lowest BCUT2D eigenvalue weighted by molar-refractivity contribution is -0.132. The molecule has 0 N–H and O–H groups in total. The van der Waals surface area contributed by atoms with Crippen LogP contribution in [-0.4, -0.2) is 47.9 Å². The zero-order valence-electron chi connectivity index (χ0n) is 12.8. The van der Waals surface area contributed by atoms with Gasteiger partial charge in [-0.2, -0.15) is 0 Å². The van der Waals surface area contributed by atoms with Crippen LogP contribution in [0, 0.1) is 0 Å². The zero-order valence-corrected chi connectivity index (χ0v) is 12.8. The predicted molar refractivity (Wildman–Crippen MR) is 85.2 cm³/mol. The van der Waals surface area contributed by atoms with Crippen LogP contribution in [0.5, 0.6) is 0 Å². The SMILES string of the molecule is O=C(CCc1ccccc1)N1CCC[C@@H]1CN1CCCC1. The van der Waals surface area contributed by atoms with Crippen LogP contribution in [0.1, 0.15) is 37.7 Å². The summed E-state index contributed by atoms with van der Waals surface area (Å²) in [5.74, 6) is 0.348. The van der Waals surface area contributed by atoms with Crippen LogP contribution in [0.4, 0.5) is 0 Å². The molecule has 2 aliphatic heterocycles. The molecule has 0 radical (unpaired) electrons. The number of rotatable bonds is 5. The summed E-state index contributed by atoms with van der Waals surface area (Å²) in [4.78, 5) is 17.2. The van der Waals surface area contributed by atoms with Crippen molar-refractivity contribution in [2.75, 3.05) is 26.2 Å². The van der Waals surface area contributed by atoms with Gasteiger partial charge in [0.2, 0.25) is 5.91 Å². The van der Waals surface area contributed by atoms with Gasteiger partial charge >= 0.3 is 0 Å². The lowest BCUT2D eigenvalue weighted by Gasteiger charge is -2.28. The maximum Gasteiger partial charge on any atom is 0.223 e. The number of benzene rings is 1. The molecule has 3 heteroatoms. The lowest BCUT2D eigenvalue weighted by atomic mass is 10.1. The molecular weight excluding hydrogens is 260 g/mol. The standard InChI is InChI=1S/C18H26N2O/c21-18(11-10-16-7-2-1-3-8-16)20-14-6-9-17(20)15-19-12-4-5-13-19/h1-3,7-8,17H,4-6,9-15H2/t17-/m1/s1. The first-order valence-corrected chi connectivity index (χ1v) is 8.39. The lowest BCUT2D eigenvalue weighted by Crippen LogP contribution is -2.42. The molecule has 0 saturated carbocycles. The molecule has 0 aliphatic carbocycles. The van der Waals surface area contributed by atoms with Crippen LogP contribution >= 0.6 is 0 Å². The maximum absolute atomic E-state index is 12.5. The van der Waals surface area contributed by atoms with Gasteiger partial charge in [-0.1, -0.05) is 30.3 Å². The number of carbonyl (C=O) groups excluding carboxylic acids is 1. The minimum Gasteiger partial charge on any atom is -0.338 e. The fourth-order valence-electron chi connectivity index (χ4n) is 3.66. The molecule has 0 aromatic heterocycles. The molecule has 21 heavy (non-hydrogen) atoms. The summed E-state index contributed by atoms with van der Waals surface area (Å²) in [5, 5.41) is 0. The Labute approximate surface area is 127 Å². The van der Waals surface area contributed by atoms with Gasteiger partial charge < -0.3 is 9.80 Å². The molecule has 2 saturated heterocycles. The Balaban J connectivity index is 1.50. The van der Waals surface area contributed by atoms with E-state index in [0.29, 0.717) is 18.4 Å². The van der Waals surface area contributed by atoms with E-state index in [4.69, 9.17) is 0 Å². The van der Waals surface area contributed by atoms with Gasteiger partial charge in [0, 0.05) is 25.6 Å². The number of hydrogen-bond donors (Lipinski definition) is 0. The molecule has 2 heterocycles. The van der Waals surface area contributed by atoms with Crippen LogP contribution < -0.4 is 0 Å². The highest BCUT2D eigenvalue weighted by molar-refractivity contribution is 5.77. The first-order valence-electron chi connectivity index (χ1n) is 8.39. The highest BCUT2D eigenvalue weighted by Crippen LogP contribution is 2.21. The van der Waals surface area contributed by atoms with Crippen LogP contribution in [0.25, 0.3) is 0 Å².